The second-order valence-corrected chi connectivity index (χ2v) is 7.59. The largest absolute Gasteiger partial charge is 0.324 e. The van der Waals surface area contributed by atoms with Crippen LogP contribution in [0.1, 0.15) is 17.2 Å². The summed E-state index contributed by atoms with van der Waals surface area (Å²) in [5.74, 6) is 0. The number of halogens is 1. The molecule has 1 unspecified atom stereocenters. The smallest absolute Gasteiger partial charge is 0.175 e. The number of pyridine rings is 1. The molecule has 0 saturated heterocycles. The molecule has 0 saturated carbocycles. The second-order valence-electron chi connectivity index (χ2n) is 4.66. The lowest BCUT2D eigenvalue weighted by molar-refractivity contribution is 0.601. The SMILES string of the molecule is CS(=O)(=O)c1ccc(C(N)Cc2cncc(Br)c2)cc1. The van der Waals surface area contributed by atoms with Gasteiger partial charge in [-0.3, -0.25) is 4.98 Å². The molecule has 1 aromatic carbocycles. The van der Waals surface area contributed by atoms with E-state index in [9.17, 15) is 8.42 Å². The molecule has 1 atom stereocenters. The molecule has 2 N–H and O–H groups in total. The van der Waals surface area contributed by atoms with Crippen LogP contribution in [-0.4, -0.2) is 19.7 Å². The molecule has 106 valence electrons. The molecule has 0 fully saturated rings. The molecule has 0 aliphatic rings. The fourth-order valence-electron chi connectivity index (χ4n) is 1.90. The molecule has 4 nitrogen and oxygen atoms in total. The molecular formula is C14H15BrN2O2S. The van der Waals surface area contributed by atoms with Gasteiger partial charge in [-0.2, -0.15) is 0 Å². The summed E-state index contributed by atoms with van der Waals surface area (Å²) in [5.41, 5.74) is 8.07. The molecule has 0 spiro atoms. The van der Waals surface area contributed by atoms with E-state index in [2.05, 4.69) is 20.9 Å². The summed E-state index contributed by atoms with van der Waals surface area (Å²) in [6.07, 6.45) is 5.32. The van der Waals surface area contributed by atoms with Crippen LogP contribution in [0.3, 0.4) is 0 Å². The topological polar surface area (TPSA) is 73.0 Å². The minimum absolute atomic E-state index is 0.195. The number of rotatable bonds is 4. The third-order valence-electron chi connectivity index (χ3n) is 2.95. The summed E-state index contributed by atoms with van der Waals surface area (Å²) in [6.45, 7) is 0. The van der Waals surface area contributed by atoms with Crippen molar-refractivity contribution in [1.29, 1.82) is 0 Å². The Bertz CT molecular complexity index is 699. The van der Waals surface area contributed by atoms with Gasteiger partial charge in [0.2, 0.25) is 0 Å². The van der Waals surface area contributed by atoms with E-state index in [1.54, 1.807) is 36.7 Å². The molecule has 0 radical (unpaired) electrons. The van der Waals surface area contributed by atoms with Crippen LogP contribution in [0.15, 0.2) is 52.1 Å². The van der Waals surface area contributed by atoms with Crippen LogP contribution in [0.2, 0.25) is 0 Å². The molecule has 0 bridgehead atoms. The molecule has 6 heteroatoms. The molecule has 1 heterocycles. The number of sulfone groups is 1. The molecule has 20 heavy (non-hydrogen) atoms. The van der Waals surface area contributed by atoms with Gasteiger partial charge >= 0.3 is 0 Å². The number of nitrogens with zero attached hydrogens (tertiary/aromatic N) is 1. The van der Waals surface area contributed by atoms with Crippen LogP contribution in [0.4, 0.5) is 0 Å². The van der Waals surface area contributed by atoms with Gasteiger partial charge in [-0.15, -0.1) is 0 Å². The first kappa shape index (κ1) is 15.2. The average Bonchev–Trinajstić information content (AvgIpc) is 2.38. The van der Waals surface area contributed by atoms with E-state index in [1.807, 2.05) is 6.07 Å². The fraction of sp³-hybridized carbons (Fsp3) is 0.214. The molecule has 2 rings (SSSR count). The number of benzene rings is 1. The molecule has 2 aromatic rings. The normalized spacial score (nSPS) is 13.2. The Morgan fingerprint density at radius 1 is 1.25 bits per heavy atom. The van der Waals surface area contributed by atoms with Crippen molar-refractivity contribution in [2.45, 2.75) is 17.4 Å². The summed E-state index contributed by atoms with van der Waals surface area (Å²) in [5, 5.41) is 0. The predicted octanol–water partition coefficient (Wildman–Crippen LogP) is 2.49. The lowest BCUT2D eigenvalue weighted by Crippen LogP contribution is -2.13. The molecule has 0 aliphatic heterocycles. The van der Waals surface area contributed by atoms with Crippen LogP contribution in [0, 0.1) is 0 Å². The summed E-state index contributed by atoms with van der Waals surface area (Å²) in [7, 11) is -3.17. The van der Waals surface area contributed by atoms with Gasteiger partial charge in [0.05, 0.1) is 4.90 Å². The quantitative estimate of drug-likeness (QED) is 0.915. The van der Waals surface area contributed by atoms with Gasteiger partial charge in [-0.1, -0.05) is 12.1 Å². The van der Waals surface area contributed by atoms with Crippen LogP contribution in [0.25, 0.3) is 0 Å². The van der Waals surface area contributed by atoms with Crippen molar-refractivity contribution < 1.29 is 8.42 Å². The monoisotopic (exact) mass is 354 g/mol. The van der Waals surface area contributed by atoms with Crippen LogP contribution < -0.4 is 5.73 Å². The molecule has 0 aliphatic carbocycles. The first-order chi connectivity index (χ1) is 9.36. The van der Waals surface area contributed by atoms with Crippen molar-refractivity contribution in [3.8, 4) is 0 Å². The molecule has 0 amide bonds. The fourth-order valence-corrected chi connectivity index (χ4v) is 2.94. The highest BCUT2D eigenvalue weighted by molar-refractivity contribution is 9.10. The van der Waals surface area contributed by atoms with Gasteiger partial charge in [0.1, 0.15) is 0 Å². The zero-order valence-corrected chi connectivity index (χ0v) is 13.4. The van der Waals surface area contributed by atoms with E-state index < -0.39 is 9.84 Å². The third kappa shape index (κ3) is 3.88. The van der Waals surface area contributed by atoms with E-state index in [1.165, 1.54) is 6.26 Å². The average molecular weight is 355 g/mol. The maximum atomic E-state index is 11.4. The minimum Gasteiger partial charge on any atom is -0.324 e. The number of nitrogens with two attached hydrogens (primary N) is 1. The highest BCUT2D eigenvalue weighted by atomic mass is 79.9. The van der Waals surface area contributed by atoms with E-state index in [-0.39, 0.29) is 6.04 Å². The first-order valence-electron chi connectivity index (χ1n) is 6.01. The molecular weight excluding hydrogens is 340 g/mol. The van der Waals surface area contributed by atoms with E-state index in [0.29, 0.717) is 11.3 Å². The lowest BCUT2D eigenvalue weighted by Gasteiger charge is -2.12. The minimum atomic E-state index is -3.17. The number of hydrogen-bond acceptors (Lipinski definition) is 4. The zero-order valence-electron chi connectivity index (χ0n) is 11.0. The van der Waals surface area contributed by atoms with Crippen LogP contribution >= 0.6 is 15.9 Å². The Hall–Kier alpha value is -1.24. The van der Waals surface area contributed by atoms with Gasteiger partial charge in [-0.05, 0) is 51.7 Å². The van der Waals surface area contributed by atoms with Crippen molar-refractivity contribution in [1.82, 2.24) is 4.98 Å². The van der Waals surface area contributed by atoms with E-state index >= 15 is 0 Å². The highest BCUT2D eigenvalue weighted by Crippen LogP contribution is 2.19. The standard InChI is InChI=1S/C14H15BrN2O2S/c1-20(18,19)13-4-2-11(3-5-13)14(16)7-10-6-12(15)9-17-8-10/h2-6,8-9,14H,7,16H2,1H3. The number of hydrogen-bond donors (Lipinski definition) is 1. The van der Waals surface area contributed by atoms with Crippen molar-refractivity contribution in [2.24, 2.45) is 5.73 Å². The summed E-state index contributed by atoms with van der Waals surface area (Å²) < 4.78 is 23.7. The maximum absolute atomic E-state index is 11.4. The lowest BCUT2D eigenvalue weighted by atomic mass is 10.0. The summed E-state index contributed by atoms with van der Waals surface area (Å²) in [6, 6.07) is 8.46. The Labute approximate surface area is 127 Å². The van der Waals surface area contributed by atoms with Crippen LogP contribution in [0.5, 0.6) is 0 Å². The van der Waals surface area contributed by atoms with Gasteiger partial charge in [0.25, 0.3) is 0 Å². The van der Waals surface area contributed by atoms with Gasteiger partial charge in [0, 0.05) is 29.2 Å². The zero-order chi connectivity index (χ0) is 14.8. The van der Waals surface area contributed by atoms with E-state index in [4.69, 9.17) is 5.73 Å². The van der Waals surface area contributed by atoms with Crippen molar-refractivity contribution >= 4 is 25.8 Å². The highest BCUT2D eigenvalue weighted by Gasteiger charge is 2.10. The molecule has 1 aromatic heterocycles. The Morgan fingerprint density at radius 3 is 2.45 bits per heavy atom. The number of aromatic nitrogens is 1. The summed E-state index contributed by atoms with van der Waals surface area (Å²) >= 11 is 3.37. The van der Waals surface area contributed by atoms with Gasteiger partial charge < -0.3 is 5.73 Å². The Morgan fingerprint density at radius 2 is 1.90 bits per heavy atom. The van der Waals surface area contributed by atoms with Crippen LogP contribution in [-0.2, 0) is 16.3 Å². The maximum Gasteiger partial charge on any atom is 0.175 e. The van der Waals surface area contributed by atoms with Gasteiger partial charge in [0.15, 0.2) is 9.84 Å². The van der Waals surface area contributed by atoms with Crippen molar-refractivity contribution in [3.63, 3.8) is 0 Å². The van der Waals surface area contributed by atoms with E-state index in [0.717, 1.165) is 15.6 Å². The first-order valence-corrected chi connectivity index (χ1v) is 8.70. The second kappa shape index (κ2) is 6.03. The summed E-state index contributed by atoms with van der Waals surface area (Å²) in [4.78, 5) is 4.40. The Balaban J connectivity index is 2.15. The Kier molecular flexibility index (Phi) is 4.57. The van der Waals surface area contributed by atoms with Gasteiger partial charge in [-0.25, -0.2) is 8.42 Å². The van der Waals surface area contributed by atoms with Crippen molar-refractivity contribution in [3.05, 3.63) is 58.3 Å². The van der Waals surface area contributed by atoms with Crippen molar-refractivity contribution in [2.75, 3.05) is 6.26 Å². The third-order valence-corrected chi connectivity index (χ3v) is 4.52. The predicted molar refractivity (Wildman–Crippen MR) is 82.1 cm³/mol.